The van der Waals surface area contributed by atoms with E-state index < -0.39 is 24.6 Å². The molecule has 0 saturated heterocycles. The van der Waals surface area contributed by atoms with Crippen molar-refractivity contribution < 1.29 is 17.6 Å². The Balaban J connectivity index is 3.18. The van der Waals surface area contributed by atoms with Crippen LogP contribution in [0.3, 0.4) is 0 Å². The van der Waals surface area contributed by atoms with E-state index in [-0.39, 0.29) is 16.4 Å². The predicted molar refractivity (Wildman–Crippen MR) is 64.4 cm³/mol. The molecule has 0 unspecified atom stereocenters. The molecule has 0 heterocycles. The van der Waals surface area contributed by atoms with E-state index in [1.165, 1.54) is 0 Å². The van der Waals surface area contributed by atoms with Gasteiger partial charge in [-0.15, -0.1) is 0 Å². The molecule has 0 aliphatic rings. The fraction of sp³-hybridized carbons (Fsp3) is 0.455. The van der Waals surface area contributed by atoms with Crippen molar-refractivity contribution in [1.82, 2.24) is 0 Å². The molecule has 18 heavy (non-hydrogen) atoms. The quantitative estimate of drug-likeness (QED) is 0.675. The van der Waals surface area contributed by atoms with E-state index in [0.29, 0.717) is 0 Å². The molecular weight excluding hydrogens is 272 g/mol. The fourth-order valence-electron chi connectivity index (χ4n) is 1.54. The van der Waals surface area contributed by atoms with Crippen molar-refractivity contribution in [3.63, 3.8) is 0 Å². The Labute approximate surface area is 107 Å². The van der Waals surface area contributed by atoms with Gasteiger partial charge in [0.25, 0.3) is 0 Å². The van der Waals surface area contributed by atoms with Gasteiger partial charge in [-0.2, -0.15) is 13.2 Å². The third kappa shape index (κ3) is 3.66. The summed E-state index contributed by atoms with van der Waals surface area (Å²) in [5.41, 5.74) is 5.54. The van der Waals surface area contributed by atoms with Gasteiger partial charge in [-0.1, -0.05) is 11.6 Å². The molecule has 0 aliphatic heterocycles. The van der Waals surface area contributed by atoms with Gasteiger partial charge in [0.1, 0.15) is 12.4 Å². The molecule has 0 saturated carbocycles. The van der Waals surface area contributed by atoms with E-state index in [1.807, 2.05) is 0 Å². The Hall–Kier alpha value is -1.17. The van der Waals surface area contributed by atoms with Crippen LogP contribution in [-0.4, -0.2) is 18.8 Å². The monoisotopic (exact) mass is 284 g/mol. The van der Waals surface area contributed by atoms with E-state index in [0.717, 1.165) is 17.0 Å². The smallest absolute Gasteiger partial charge is 0.397 e. The number of nitrogens with two attached hydrogens (primary N) is 1. The summed E-state index contributed by atoms with van der Waals surface area (Å²) in [6, 6.07) is 1.58. The highest BCUT2D eigenvalue weighted by molar-refractivity contribution is 6.31. The molecule has 0 aromatic heterocycles. The van der Waals surface area contributed by atoms with Gasteiger partial charge in [-0.05, 0) is 19.9 Å². The van der Waals surface area contributed by atoms with Crippen LogP contribution in [0.4, 0.5) is 28.9 Å². The van der Waals surface area contributed by atoms with Crippen molar-refractivity contribution >= 4 is 23.0 Å². The number of rotatable bonds is 3. The van der Waals surface area contributed by atoms with E-state index >= 15 is 0 Å². The molecule has 0 aliphatic carbocycles. The zero-order valence-corrected chi connectivity index (χ0v) is 10.6. The van der Waals surface area contributed by atoms with Gasteiger partial charge in [-0.25, -0.2) is 4.39 Å². The third-order valence-electron chi connectivity index (χ3n) is 2.35. The van der Waals surface area contributed by atoms with E-state index in [9.17, 15) is 17.6 Å². The number of alkyl halides is 3. The first-order chi connectivity index (χ1) is 8.11. The molecule has 1 aromatic carbocycles. The van der Waals surface area contributed by atoms with Crippen LogP contribution in [0.15, 0.2) is 12.1 Å². The molecule has 0 radical (unpaired) electrons. The average Bonchev–Trinajstić information content (AvgIpc) is 2.19. The lowest BCUT2D eigenvalue weighted by atomic mass is 10.2. The maximum absolute atomic E-state index is 13.1. The minimum Gasteiger partial charge on any atom is -0.397 e. The van der Waals surface area contributed by atoms with Crippen LogP contribution < -0.4 is 10.6 Å². The minimum absolute atomic E-state index is 0.0742. The predicted octanol–water partition coefficient (Wildman–Crippen LogP) is 3.84. The second-order valence-electron chi connectivity index (χ2n) is 4.16. The Morgan fingerprint density at radius 1 is 1.33 bits per heavy atom. The molecule has 2 N–H and O–H groups in total. The molecule has 0 atom stereocenters. The van der Waals surface area contributed by atoms with Crippen LogP contribution in [0.25, 0.3) is 0 Å². The summed E-state index contributed by atoms with van der Waals surface area (Å²) in [5, 5.41) is -0.257. The molecule has 0 amide bonds. The Morgan fingerprint density at radius 2 is 1.89 bits per heavy atom. The van der Waals surface area contributed by atoms with Crippen LogP contribution in [0, 0.1) is 5.82 Å². The normalized spacial score (nSPS) is 12.0. The fourth-order valence-corrected chi connectivity index (χ4v) is 1.70. The number of hydrogen-bond donors (Lipinski definition) is 1. The van der Waals surface area contributed by atoms with E-state index in [2.05, 4.69) is 0 Å². The molecule has 2 nitrogen and oxygen atoms in total. The number of benzene rings is 1. The molecule has 0 spiro atoms. The summed E-state index contributed by atoms with van der Waals surface area (Å²) >= 11 is 5.57. The summed E-state index contributed by atoms with van der Waals surface area (Å²) < 4.78 is 50.5. The zero-order chi connectivity index (χ0) is 14.1. The average molecular weight is 285 g/mol. The molecular formula is C11H13ClF4N2. The van der Waals surface area contributed by atoms with Crippen LogP contribution in [0.2, 0.25) is 5.02 Å². The number of anilines is 2. The van der Waals surface area contributed by atoms with Crippen molar-refractivity contribution in [2.75, 3.05) is 17.2 Å². The first kappa shape index (κ1) is 14.9. The largest absolute Gasteiger partial charge is 0.405 e. The van der Waals surface area contributed by atoms with E-state index in [1.54, 1.807) is 13.8 Å². The van der Waals surface area contributed by atoms with Crippen LogP contribution >= 0.6 is 11.6 Å². The van der Waals surface area contributed by atoms with Crippen molar-refractivity contribution in [2.45, 2.75) is 26.1 Å². The minimum atomic E-state index is -4.38. The third-order valence-corrected chi connectivity index (χ3v) is 2.64. The molecule has 7 heteroatoms. The molecule has 1 rings (SSSR count). The number of hydrogen-bond acceptors (Lipinski definition) is 2. The number of nitrogens with zero attached hydrogens (tertiary/aromatic N) is 1. The van der Waals surface area contributed by atoms with Gasteiger partial charge in [-0.3, -0.25) is 0 Å². The van der Waals surface area contributed by atoms with Gasteiger partial charge in [0.05, 0.1) is 16.4 Å². The van der Waals surface area contributed by atoms with Crippen LogP contribution in [0.1, 0.15) is 13.8 Å². The van der Waals surface area contributed by atoms with Gasteiger partial charge >= 0.3 is 6.18 Å². The summed E-state index contributed by atoms with van der Waals surface area (Å²) in [4.78, 5) is 1.03. The molecule has 102 valence electrons. The Morgan fingerprint density at radius 3 is 2.33 bits per heavy atom. The van der Waals surface area contributed by atoms with Crippen LogP contribution in [-0.2, 0) is 0 Å². The van der Waals surface area contributed by atoms with Crippen molar-refractivity contribution in [3.05, 3.63) is 23.0 Å². The maximum atomic E-state index is 13.1. The van der Waals surface area contributed by atoms with Crippen LogP contribution in [0.5, 0.6) is 0 Å². The SMILES string of the molecule is CC(C)N(CC(F)(F)F)c1cc(Cl)c(F)cc1N. The van der Waals surface area contributed by atoms with E-state index in [4.69, 9.17) is 17.3 Å². The van der Waals surface area contributed by atoms with Crippen molar-refractivity contribution in [3.8, 4) is 0 Å². The standard InChI is InChI=1S/C11H13ClF4N2/c1-6(2)18(5-11(14,15)16)10-3-7(12)8(13)4-9(10)17/h3-4,6H,5,17H2,1-2H3. The maximum Gasteiger partial charge on any atom is 0.405 e. The lowest BCUT2D eigenvalue weighted by Gasteiger charge is -2.31. The molecule has 0 fully saturated rings. The Bertz CT molecular complexity index is 432. The topological polar surface area (TPSA) is 29.3 Å². The lowest BCUT2D eigenvalue weighted by Crippen LogP contribution is -2.39. The molecule has 0 bridgehead atoms. The van der Waals surface area contributed by atoms with Gasteiger partial charge in [0.2, 0.25) is 0 Å². The second kappa shape index (κ2) is 5.22. The molecule has 1 aromatic rings. The first-order valence-corrected chi connectivity index (χ1v) is 5.57. The van der Waals surface area contributed by atoms with Gasteiger partial charge in [0, 0.05) is 12.1 Å². The lowest BCUT2D eigenvalue weighted by molar-refractivity contribution is -0.120. The second-order valence-corrected chi connectivity index (χ2v) is 4.57. The first-order valence-electron chi connectivity index (χ1n) is 5.19. The highest BCUT2D eigenvalue weighted by Gasteiger charge is 2.32. The Kier molecular flexibility index (Phi) is 4.32. The van der Waals surface area contributed by atoms with Gasteiger partial charge < -0.3 is 10.6 Å². The number of nitrogen functional groups attached to an aromatic ring is 1. The summed E-state index contributed by atoms with van der Waals surface area (Å²) in [6.45, 7) is 2.00. The summed E-state index contributed by atoms with van der Waals surface area (Å²) in [5.74, 6) is -0.756. The zero-order valence-electron chi connectivity index (χ0n) is 9.85. The van der Waals surface area contributed by atoms with Crippen molar-refractivity contribution in [1.29, 1.82) is 0 Å². The summed E-state index contributed by atoms with van der Waals surface area (Å²) in [7, 11) is 0. The van der Waals surface area contributed by atoms with Gasteiger partial charge in [0.15, 0.2) is 0 Å². The highest BCUT2D eigenvalue weighted by Crippen LogP contribution is 2.32. The van der Waals surface area contributed by atoms with Crippen molar-refractivity contribution in [2.24, 2.45) is 0 Å². The summed E-state index contributed by atoms with van der Waals surface area (Å²) in [6.07, 6.45) is -4.38. The number of halogens is 5. The highest BCUT2D eigenvalue weighted by atomic mass is 35.5.